The average molecular weight is 263 g/mol. The van der Waals surface area contributed by atoms with Gasteiger partial charge in [-0.25, -0.2) is 0 Å². The number of hydrogen-bond acceptors (Lipinski definition) is 2. The Morgan fingerprint density at radius 1 is 0.950 bits per heavy atom. The summed E-state index contributed by atoms with van der Waals surface area (Å²) in [5.74, 6) is 0.926. The first-order valence-electron chi connectivity index (χ1n) is 6.70. The first-order valence-corrected chi connectivity index (χ1v) is 6.70. The van der Waals surface area contributed by atoms with E-state index in [1.165, 1.54) is 11.1 Å². The average Bonchev–Trinajstić information content (AvgIpc) is 2.66. The molecule has 0 saturated heterocycles. The molecule has 1 aromatic heterocycles. The van der Waals surface area contributed by atoms with E-state index >= 15 is 0 Å². The highest BCUT2D eigenvalue weighted by atomic mass is 16.5. The van der Waals surface area contributed by atoms with E-state index in [1.54, 1.807) is 6.07 Å². The summed E-state index contributed by atoms with van der Waals surface area (Å²) >= 11 is 0. The maximum atomic E-state index is 11.4. The monoisotopic (exact) mass is 263 g/mol. The van der Waals surface area contributed by atoms with Crippen LogP contribution in [0, 0.1) is 0 Å². The normalized spacial score (nSPS) is 13.2. The topological polar surface area (TPSA) is 42.1 Å². The van der Waals surface area contributed by atoms with Crippen molar-refractivity contribution in [3.05, 3.63) is 64.4 Å². The zero-order valence-corrected chi connectivity index (χ0v) is 10.8. The van der Waals surface area contributed by atoms with Gasteiger partial charge in [0.1, 0.15) is 5.75 Å². The van der Waals surface area contributed by atoms with Crippen LogP contribution in [0.1, 0.15) is 5.56 Å². The number of ether oxygens (including phenoxy) is 1. The van der Waals surface area contributed by atoms with Crippen LogP contribution in [0.2, 0.25) is 0 Å². The number of aromatic amines is 1. The molecule has 4 rings (SSSR count). The Morgan fingerprint density at radius 2 is 1.85 bits per heavy atom. The van der Waals surface area contributed by atoms with Crippen LogP contribution in [0.5, 0.6) is 5.75 Å². The van der Waals surface area contributed by atoms with Gasteiger partial charge in [-0.3, -0.25) is 4.79 Å². The number of H-pyrrole nitrogens is 1. The molecule has 0 amide bonds. The molecular formula is C17H13NO2. The van der Waals surface area contributed by atoms with Crippen molar-refractivity contribution in [2.75, 3.05) is 6.61 Å². The van der Waals surface area contributed by atoms with E-state index in [9.17, 15) is 4.79 Å². The summed E-state index contributed by atoms with van der Waals surface area (Å²) in [6, 6.07) is 15.6. The molecule has 1 aliphatic heterocycles. The zero-order chi connectivity index (χ0) is 13.5. The lowest BCUT2D eigenvalue weighted by Crippen LogP contribution is -2.04. The largest absolute Gasteiger partial charge is 0.493 e. The highest BCUT2D eigenvalue weighted by Gasteiger charge is 2.17. The minimum absolute atomic E-state index is 0.0669. The number of hydrogen-bond donors (Lipinski definition) is 1. The molecule has 0 fully saturated rings. The molecule has 98 valence electrons. The highest BCUT2D eigenvalue weighted by Crippen LogP contribution is 2.37. The van der Waals surface area contributed by atoms with Crippen molar-refractivity contribution in [1.29, 1.82) is 0 Å². The summed E-state index contributed by atoms with van der Waals surface area (Å²) in [5, 5.41) is 1.10. The predicted molar refractivity (Wildman–Crippen MR) is 79.2 cm³/mol. The number of aromatic nitrogens is 1. The number of nitrogens with one attached hydrogen (secondary N) is 1. The van der Waals surface area contributed by atoms with Crippen LogP contribution in [0.3, 0.4) is 0 Å². The lowest BCUT2D eigenvalue weighted by molar-refractivity contribution is 0.327. The van der Waals surface area contributed by atoms with Crippen LogP contribution in [0.4, 0.5) is 0 Å². The first-order chi connectivity index (χ1) is 9.83. The third-order valence-corrected chi connectivity index (χ3v) is 3.80. The summed E-state index contributed by atoms with van der Waals surface area (Å²) in [6.07, 6.45) is 0.841. The van der Waals surface area contributed by atoms with Gasteiger partial charge in [-0.1, -0.05) is 24.3 Å². The molecule has 2 heterocycles. The van der Waals surface area contributed by atoms with E-state index < -0.39 is 0 Å². The molecule has 0 atom stereocenters. The van der Waals surface area contributed by atoms with Gasteiger partial charge in [0.25, 0.3) is 0 Å². The second kappa shape index (κ2) is 4.23. The SMILES string of the molecule is O=c1ccc2c3c(ccc2[nH]1)-c1ccccc1OCC3. The Labute approximate surface area is 115 Å². The molecular weight excluding hydrogens is 250 g/mol. The van der Waals surface area contributed by atoms with Crippen LogP contribution in [-0.2, 0) is 6.42 Å². The maximum Gasteiger partial charge on any atom is 0.248 e. The van der Waals surface area contributed by atoms with Gasteiger partial charge in [0.05, 0.1) is 6.61 Å². The van der Waals surface area contributed by atoms with Gasteiger partial charge in [0.15, 0.2) is 0 Å². The molecule has 3 aromatic rings. The van der Waals surface area contributed by atoms with Crippen molar-refractivity contribution >= 4 is 10.9 Å². The molecule has 1 aliphatic rings. The van der Waals surface area contributed by atoms with E-state index in [2.05, 4.69) is 17.1 Å². The Balaban J connectivity index is 2.08. The number of fused-ring (bicyclic) bond motifs is 5. The molecule has 2 aromatic carbocycles. The fourth-order valence-corrected chi connectivity index (χ4v) is 2.90. The van der Waals surface area contributed by atoms with Gasteiger partial charge < -0.3 is 9.72 Å². The van der Waals surface area contributed by atoms with Gasteiger partial charge in [-0.2, -0.15) is 0 Å². The Hall–Kier alpha value is -2.55. The second-order valence-corrected chi connectivity index (χ2v) is 4.97. The minimum atomic E-state index is -0.0669. The molecule has 3 heteroatoms. The Bertz CT molecular complexity index is 864. The number of benzene rings is 2. The van der Waals surface area contributed by atoms with Gasteiger partial charge in [-0.15, -0.1) is 0 Å². The summed E-state index contributed by atoms with van der Waals surface area (Å²) in [5.41, 5.74) is 4.37. The number of para-hydroxylation sites is 1. The van der Waals surface area contributed by atoms with Crippen molar-refractivity contribution in [2.24, 2.45) is 0 Å². The first kappa shape index (κ1) is 11.3. The van der Waals surface area contributed by atoms with E-state index in [1.807, 2.05) is 30.3 Å². The van der Waals surface area contributed by atoms with Crippen LogP contribution in [-0.4, -0.2) is 11.6 Å². The smallest absolute Gasteiger partial charge is 0.248 e. The summed E-state index contributed by atoms with van der Waals surface area (Å²) in [7, 11) is 0. The van der Waals surface area contributed by atoms with Crippen molar-refractivity contribution in [1.82, 2.24) is 4.98 Å². The predicted octanol–water partition coefficient (Wildman–Crippen LogP) is 3.13. The lowest BCUT2D eigenvalue weighted by atomic mass is 9.94. The van der Waals surface area contributed by atoms with Gasteiger partial charge in [0.2, 0.25) is 5.56 Å². The fraction of sp³-hybridized carbons (Fsp3) is 0.118. The number of pyridine rings is 1. The molecule has 20 heavy (non-hydrogen) atoms. The third-order valence-electron chi connectivity index (χ3n) is 3.80. The zero-order valence-electron chi connectivity index (χ0n) is 10.8. The van der Waals surface area contributed by atoms with Gasteiger partial charge >= 0.3 is 0 Å². The van der Waals surface area contributed by atoms with Crippen LogP contribution in [0.15, 0.2) is 53.3 Å². The van der Waals surface area contributed by atoms with Crippen molar-refractivity contribution in [3.8, 4) is 16.9 Å². The standard InChI is InChI=1S/C17H13NO2/c19-17-8-6-13-12-9-10-20-16-4-2-1-3-14(16)11(12)5-7-15(13)18-17/h1-8H,9-10H2,(H,18,19). The molecule has 0 spiro atoms. The van der Waals surface area contributed by atoms with Crippen molar-refractivity contribution < 1.29 is 4.74 Å². The molecule has 0 radical (unpaired) electrons. The lowest BCUT2D eigenvalue weighted by Gasteiger charge is -2.10. The summed E-state index contributed by atoms with van der Waals surface area (Å²) in [4.78, 5) is 14.3. The summed E-state index contributed by atoms with van der Waals surface area (Å²) < 4.78 is 5.83. The Morgan fingerprint density at radius 3 is 2.80 bits per heavy atom. The molecule has 0 saturated carbocycles. The van der Waals surface area contributed by atoms with Crippen LogP contribution in [0.25, 0.3) is 22.0 Å². The quantitative estimate of drug-likeness (QED) is 0.677. The maximum absolute atomic E-state index is 11.4. The number of rotatable bonds is 0. The van der Waals surface area contributed by atoms with Crippen LogP contribution >= 0.6 is 0 Å². The van der Waals surface area contributed by atoms with Gasteiger partial charge in [-0.05, 0) is 29.3 Å². The van der Waals surface area contributed by atoms with E-state index in [-0.39, 0.29) is 5.56 Å². The summed E-state index contributed by atoms with van der Waals surface area (Å²) in [6.45, 7) is 0.655. The van der Waals surface area contributed by atoms with E-state index in [4.69, 9.17) is 4.74 Å². The highest BCUT2D eigenvalue weighted by molar-refractivity contribution is 5.90. The molecule has 0 unspecified atom stereocenters. The van der Waals surface area contributed by atoms with E-state index in [0.29, 0.717) is 6.61 Å². The molecule has 1 N–H and O–H groups in total. The molecule has 3 nitrogen and oxygen atoms in total. The second-order valence-electron chi connectivity index (χ2n) is 4.97. The van der Waals surface area contributed by atoms with Crippen molar-refractivity contribution in [2.45, 2.75) is 6.42 Å². The Kier molecular flexibility index (Phi) is 2.39. The molecule has 0 aliphatic carbocycles. The van der Waals surface area contributed by atoms with E-state index in [0.717, 1.165) is 28.6 Å². The third kappa shape index (κ3) is 1.63. The molecule has 0 bridgehead atoms. The van der Waals surface area contributed by atoms with Crippen molar-refractivity contribution in [3.63, 3.8) is 0 Å². The fourth-order valence-electron chi connectivity index (χ4n) is 2.90. The van der Waals surface area contributed by atoms with Gasteiger partial charge in [0, 0.05) is 29.0 Å². The van der Waals surface area contributed by atoms with Crippen LogP contribution < -0.4 is 10.3 Å². The minimum Gasteiger partial charge on any atom is -0.493 e.